The van der Waals surface area contributed by atoms with E-state index in [9.17, 15) is 9.59 Å². The predicted octanol–water partition coefficient (Wildman–Crippen LogP) is 2.50. The second kappa shape index (κ2) is 10.8. The van der Waals surface area contributed by atoms with Crippen molar-refractivity contribution < 1.29 is 23.8 Å². The van der Waals surface area contributed by atoms with Crippen LogP contribution in [0.4, 0.5) is 4.79 Å². The summed E-state index contributed by atoms with van der Waals surface area (Å²) < 4.78 is 16.0. The highest BCUT2D eigenvalue weighted by atomic mass is 16.5. The predicted molar refractivity (Wildman–Crippen MR) is 111 cm³/mol. The normalized spacial score (nSPS) is 14.3. The summed E-state index contributed by atoms with van der Waals surface area (Å²) in [6.45, 7) is 6.95. The second-order valence-corrected chi connectivity index (χ2v) is 6.96. The highest BCUT2D eigenvalue weighted by molar-refractivity contribution is 5.79. The van der Waals surface area contributed by atoms with Crippen molar-refractivity contribution in [1.82, 2.24) is 15.1 Å². The monoisotopic (exact) mass is 407 g/mol. The first-order valence-corrected chi connectivity index (χ1v) is 10.1. The van der Waals surface area contributed by atoms with Crippen molar-refractivity contribution in [3.63, 3.8) is 0 Å². The molecule has 0 saturated carbocycles. The smallest absolute Gasteiger partial charge is 0.317 e. The lowest BCUT2D eigenvalue weighted by atomic mass is 9.95. The van der Waals surface area contributed by atoms with E-state index in [2.05, 4.69) is 5.32 Å². The second-order valence-electron chi connectivity index (χ2n) is 6.96. The average Bonchev–Trinajstić information content (AvgIpc) is 2.77. The summed E-state index contributed by atoms with van der Waals surface area (Å²) in [5, 5.41) is 2.94. The van der Waals surface area contributed by atoms with Crippen molar-refractivity contribution in [2.75, 3.05) is 47.5 Å². The van der Waals surface area contributed by atoms with Gasteiger partial charge in [0.1, 0.15) is 0 Å². The van der Waals surface area contributed by atoms with E-state index in [4.69, 9.17) is 14.2 Å². The summed E-state index contributed by atoms with van der Waals surface area (Å²) >= 11 is 0. The quantitative estimate of drug-likeness (QED) is 0.716. The number of benzene rings is 1. The third-order valence-corrected chi connectivity index (χ3v) is 5.37. The molecule has 0 atom stereocenters. The fraction of sp³-hybridized carbons (Fsp3) is 0.619. The fourth-order valence-corrected chi connectivity index (χ4v) is 3.65. The fourth-order valence-electron chi connectivity index (χ4n) is 3.65. The lowest BCUT2D eigenvalue weighted by Gasteiger charge is -2.33. The van der Waals surface area contributed by atoms with Crippen molar-refractivity contribution in [2.45, 2.75) is 33.2 Å². The maximum Gasteiger partial charge on any atom is 0.317 e. The summed E-state index contributed by atoms with van der Waals surface area (Å²) in [6.07, 6.45) is 1.40. The molecule has 1 aliphatic rings. The number of hydrogen-bond donors (Lipinski definition) is 1. The molecule has 1 saturated heterocycles. The van der Waals surface area contributed by atoms with Gasteiger partial charge in [0.05, 0.1) is 21.3 Å². The molecule has 3 amide bonds. The molecule has 29 heavy (non-hydrogen) atoms. The van der Waals surface area contributed by atoms with Gasteiger partial charge >= 0.3 is 6.03 Å². The number of nitrogens with zero attached hydrogens (tertiary/aromatic N) is 2. The molecule has 0 radical (unpaired) electrons. The molecule has 1 aromatic carbocycles. The van der Waals surface area contributed by atoms with Gasteiger partial charge in [-0.05, 0) is 44.4 Å². The van der Waals surface area contributed by atoms with E-state index in [0.29, 0.717) is 49.7 Å². The standard InChI is InChI=1S/C21H33N3O5/c1-6-23(7-2)20(25)16-8-10-24(11-9-16)21(26)22-14-15-12-17(27-3)19(29-5)18(13-15)28-4/h12-13,16H,6-11,14H2,1-5H3,(H,22,26). The van der Waals surface area contributed by atoms with Crippen LogP contribution in [0.25, 0.3) is 0 Å². The van der Waals surface area contributed by atoms with Crippen LogP contribution < -0.4 is 19.5 Å². The number of hydrogen-bond acceptors (Lipinski definition) is 5. The molecule has 1 heterocycles. The zero-order chi connectivity index (χ0) is 21.4. The number of amides is 3. The van der Waals surface area contributed by atoms with Gasteiger partial charge in [-0.15, -0.1) is 0 Å². The first-order chi connectivity index (χ1) is 14.0. The molecule has 8 nitrogen and oxygen atoms in total. The Kier molecular flexibility index (Phi) is 8.42. The van der Waals surface area contributed by atoms with Gasteiger partial charge in [0.2, 0.25) is 11.7 Å². The first kappa shape index (κ1) is 22.6. The summed E-state index contributed by atoms with van der Waals surface area (Å²) in [4.78, 5) is 28.7. The van der Waals surface area contributed by atoms with Gasteiger partial charge in [-0.1, -0.05) is 0 Å². The Morgan fingerprint density at radius 1 is 1.03 bits per heavy atom. The Balaban J connectivity index is 1.92. The number of piperidine rings is 1. The van der Waals surface area contributed by atoms with Crippen molar-refractivity contribution >= 4 is 11.9 Å². The molecule has 1 fully saturated rings. The molecule has 0 spiro atoms. The van der Waals surface area contributed by atoms with Crippen molar-refractivity contribution in [2.24, 2.45) is 5.92 Å². The van der Waals surface area contributed by atoms with E-state index in [1.54, 1.807) is 26.2 Å². The van der Waals surface area contributed by atoms with Gasteiger partial charge in [-0.3, -0.25) is 4.79 Å². The number of carbonyl (C=O) groups excluding carboxylic acids is 2. The van der Waals surface area contributed by atoms with E-state index in [1.807, 2.05) is 30.9 Å². The third kappa shape index (κ3) is 5.46. The molecular formula is C21H33N3O5. The topological polar surface area (TPSA) is 80.3 Å². The lowest BCUT2D eigenvalue weighted by Crippen LogP contribution is -2.47. The molecule has 162 valence electrons. The van der Waals surface area contributed by atoms with Crippen LogP contribution in [0, 0.1) is 5.92 Å². The van der Waals surface area contributed by atoms with Crippen LogP contribution in [-0.4, -0.2) is 69.2 Å². The van der Waals surface area contributed by atoms with E-state index in [0.717, 1.165) is 18.7 Å². The minimum Gasteiger partial charge on any atom is -0.493 e. The van der Waals surface area contributed by atoms with Gasteiger partial charge in [0.15, 0.2) is 11.5 Å². The number of ether oxygens (including phenoxy) is 3. The third-order valence-electron chi connectivity index (χ3n) is 5.37. The first-order valence-electron chi connectivity index (χ1n) is 10.1. The van der Waals surface area contributed by atoms with Crippen LogP contribution in [0.3, 0.4) is 0 Å². The summed E-state index contributed by atoms with van der Waals surface area (Å²) in [6, 6.07) is 3.50. The molecule has 0 aliphatic carbocycles. The molecule has 0 unspecified atom stereocenters. The Bertz CT molecular complexity index is 673. The number of nitrogens with one attached hydrogen (secondary N) is 1. The summed E-state index contributed by atoms with van der Waals surface area (Å²) in [5.74, 6) is 1.82. The molecule has 0 bridgehead atoms. The van der Waals surface area contributed by atoms with Gasteiger partial charge in [-0.25, -0.2) is 4.79 Å². The Morgan fingerprint density at radius 3 is 2.03 bits per heavy atom. The van der Waals surface area contributed by atoms with Gasteiger partial charge in [0.25, 0.3) is 0 Å². The van der Waals surface area contributed by atoms with Crippen LogP contribution in [0.2, 0.25) is 0 Å². The molecule has 8 heteroatoms. The molecule has 0 aromatic heterocycles. The highest BCUT2D eigenvalue weighted by Crippen LogP contribution is 2.38. The molecule has 2 rings (SSSR count). The largest absolute Gasteiger partial charge is 0.493 e. The van der Waals surface area contributed by atoms with Crippen molar-refractivity contribution in [3.05, 3.63) is 17.7 Å². The molecule has 1 aliphatic heterocycles. The van der Waals surface area contributed by atoms with Crippen LogP contribution in [0.15, 0.2) is 12.1 Å². The van der Waals surface area contributed by atoms with Crippen LogP contribution in [0.1, 0.15) is 32.3 Å². The number of methoxy groups -OCH3 is 3. The van der Waals surface area contributed by atoms with Gasteiger partial charge in [-0.2, -0.15) is 0 Å². The average molecular weight is 408 g/mol. The van der Waals surface area contributed by atoms with E-state index in [1.165, 1.54) is 0 Å². The van der Waals surface area contributed by atoms with E-state index < -0.39 is 0 Å². The van der Waals surface area contributed by atoms with Crippen molar-refractivity contribution in [1.29, 1.82) is 0 Å². The van der Waals surface area contributed by atoms with E-state index >= 15 is 0 Å². The van der Waals surface area contributed by atoms with Crippen LogP contribution in [0.5, 0.6) is 17.2 Å². The SMILES string of the molecule is CCN(CC)C(=O)C1CCN(C(=O)NCc2cc(OC)c(OC)c(OC)c2)CC1. The number of rotatable bonds is 8. The molecular weight excluding hydrogens is 374 g/mol. The minimum absolute atomic E-state index is 0.00839. The number of carbonyl (C=O) groups is 2. The highest BCUT2D eigenvalue weighted by Gasteiger charge is 2.29. The van der Waals surface area contributed by atoms with Crippen molar-refractivity contribution in [3.8, 4) is 17.2 Å². The maximum atomic E-state index is 12.6. The van der Waals surface area contributed by atoms with Gasteiger partial charge in [0, 0.05) is 38.6 Å². The Labute approximate surface area is 173 Å². The summed E-state index contributed by atoms with van der Waals surface area (Å²) in [5.41, 5.74) is 0.847. The zero-order valence-corrected chi connectivity index (χ0v) is 18.1. The Morgan fingerprint density at radius 2 is 1.59 bits per heavy atom. The van der Waals surface area contributed by atoms with Crippen LogP contribution >= 0.6 is 0 Å². The van der Waals surface area contributed by atoms with Crippen LogP contribution in [-0.2, 0) is 11.3 Å². The lowest BCUT2D eigenvalue weighted by molar-refractivity contribution is -0.136. The molecule has 1 aromatic rings. The summed E-state index contributed by atoms with van der Waals surface area (Å²) in [7, 11) is 4.67. The minimum atomic E-state index is -0.132. The number of likely N-dealkylation sites (tertiary alicyclic amines) is 1. The zero-order valence-electron chi connectivity index (χ0n) is 18.1. The van der Waals surface area contributed by atoms with Gasteiger partial charge < -0.3 is 29.3 Å². The molecule has 1 N–H and O–H groups in total. The Hall–Kier alpha value is -2.64. The van der Waals surface area contributed by atoms with E-state index in [-0.39, 0.29) is 17.9 Å². The number of urea groups is 1. The maximum absolute atomic E-state index is 12.6.